The number of hydrogen-bond acceptors (Lipinski definition) is 6. The van der Waals surface area contributed by atoms with E-state index in [0.717, 1.165) is 12.8 Å². The Morgan fingerprint density at radius 1 is 1.28 bits per heavy atom. The fourth-order valence-electron chi connectivity index (χ4n) is 3.67. The number of piperazine rings is 1. The highest BCUT2D eigenvalue weighted by Crippen LogP contribution is 2.32. The van der Waals surface area contributed by atoms with E-state index in [0.29, 0.717) is 56.1 Å². The maximum absolute atomic E-state index is 14.8. The zero-order chi connectivity index (χ0) is 20.6. The second-order valence-electron chi connectivity index (χ2n) is 7.70. The van der Waals surface area contributed by atoms with Crippen molar-refractivity contribution < 1.29 is 22.4 Å². The smallest absolute Gasteiger partial charge is 0.217 e. The molecule has 29 heavy (non-hydrogen) atoms. The predicted molar refractivity (Wildman–Crippen MR) is 107 cm³/mol. The van der Waals surface area contributed by atoms with Crippen molar-refractivity contribution in [1.29, 1.82) is 0 Å². The van der Waals surface area contributed by atoms with Crippen LogP contribution in [0.4, 0.5) is 10.1 Å². The number of anilines is 1. The zero-order valence-electron chi connectivity index (χ0n) is 16.3. The van der Waals surface area contributed by atoms with Gasteiger partial charge in [-0.15, -0.1) is 0 Å². The van der Waals surface area contributed by atoms with Crippen molar-refractivity contribution in [3.05, 3.63) is 29.6 Å². The van der Waals surface area contributed by atoms with E-state index < -0.39 is 10.0 Å². The lowest BCUT2D eigenvalue weighted by atomic mass is 10.0. The van der Waals surface area contributed by atoms with E-state index in [1.54, 1.807) is 12.1 Å². The summed E-state index contributed by atoms with van der Waals surface area (Å²) < 4.78 is 41.0. The summed E-state index contributed by atoms with van der Waals surface area (Å²) in [5, 5.41) is 6.49. The molecule has 2 fully saturated rings. The second kappa shape index (κ2) is 7.91. The Morgan fingerprint density at radius 3 is 2.62 bits per heavy atom. The van der Waals surface area contributed by atoms with E-state index in [-0.39, 0.29) is 23.1 Å². The first-order valence-corrected chi connectivity index (χ1v) is 11.4. The number of halogens is 1. The predicted octanol–water partition coefficient (Wildman–Crippen LogP) is 1.07. The molecule has 1 unspecified atom stereocenters. The quantitative estimate of drug-likeness (QED) is 0.738. The molecule has 8 nitrogen and oxygen atoms in total. The van der Waals surface area contributed by atoms with Crippen LogP contribution in [0.25, 0.3) is 0 Å². The third-order valence-corrected chi connectivity index (χ3v) is 7.88. The number of carbonyl (C=O) groups is 1. The molecule has 3 aliphatic rings. The van der Waals surface area contributed by atoms with Crippen LogP contribution < -0.4 is 10.2 Å². The second-order valence-corrected chi connectivity index (χ2v) is 9.92. The molecule has 1 aromatic carbocycles. The third kappa shape index (κ3) is 4.37. The molecular weight excluding hydrogens is 399 g/mol. The Kier molecular flexibility index (Phi) is 5.48. The molecule has 1 saturated heterocycles. The van der Waals surface area contributed by atoms with Gasteiger partial charge in [0.2, 0.25) is 15.9 Å². The van der Waals surface area contributed by atoms with E-state index in [4.69, 9.17) is 4.84 Å². The van der Waals surface area contributed by atoms with Crippen molar-refractivity contribution in [2.45, 2.75) is 37.5 Å². The summed E-state index contributed by atoms with van der Waals surface area (Å²) in [5.74, 6) is -0.503. The average molecular weight is 424 g/mol. The van der Waals surface area contributed by atoms with Gasteiger partial charge in [0.15, 0.2) is 0 Å². The summed E-state index contributed by atoms with van der Waals surface area (Å²) in [6, 6.07) is 4.94. The van der Waals surface area contributed by atoms with Crippen LogP contribution >= 0.6 is 0 Å². The Hall–Kier alpha value is -2.20. The number of rotatable bonds is 6. The van der Waals surface area contributed by atoms with E-state index in [9.17, 15) is 17.6 Å². The molecule has 1 saturated carbocycles. The highest BCUT2D eigenvalue weighted by Gasteiger charge is 2.41. The molecule has 1 atom stereocenters. The number of benzene rings is 1. The minimum absolute atomic E-state index is 0.137. The van der Waals surface area contributed by atoms with Crippen molar-refractivity contribution in [3.8, 4) is 0 Å². The number of oxime groups is 1. The summed E-state index contributed by atoms with van der Waals surface area (Å²) in [4.78, 5) is 18.2. The van der Waals surface area contributed by atoms with E-state index in [1.807, 2.05) is 4.90 Å². The van der Waals surface area contributed by atoms with Crippen molar-refractivity contribution in [2.24, 2.45) is 5.16 Å². The SMILES string of the molecule is CC(=O)NCC1CC(c2ccc(N3CCN(S(=O)(=O)C4CC4)CC3)c(F)c2)=NO1. The molecule has 1 amide bonds. The number of sulfonamides is 1. The molecule has 1 N–H and O–H groups in total. The van der Waals surface area contributed by atoms with Crippen LogP contribution in [-0.2, 0) is 19.7 Å². The minimum Gasteiger partial charge on any atom is -0.390 e. The van der Waals surface area contributed by atoms with Gasteiger partial charge in [-0.2, -0.15) is 4.31 Å². The topological polar surface area (TPSA) is 91.3 Å². The average Bonchev–Trinajstić information content (AvgIpc) is 3.46. The number of nitrogens with one attached hydrogen (secondary N) is 1. The molecule has 2 aliphatic heterocycles. The summed E-state index contributed by atoms with van der Waals surface area (Å²) in [6.45, 7) is 3.48. The molecule has 0 bridgehead atoms. The van der Waals surface area contributed by atoms with Gasteiger partial charge < -0.3 is 15.1 Å². The maximum atomic E-state index is 14.8. The lowest BCUT2D eigenvalue weighted by molar-refractivity contribution is -0.119. The van der Waals surface area contributed by atoms with Crippen molar-refractivity contribution in [2.75, 3.05) is 37.6 Å². The molecule has 0 spiro atoms. The van der Waals surface area contributed by atoms with E-state index >= 15 is 0 Å². The largest absolute Gasteiger partial charge is 0.390 e. The van der Waals surface area contributed by atoms with E-state index in [2.05, 4.69) is 10.5 Å². The fraction of sp³-hybridized carbons (Fsp3) is 0.579. The number of amides is 1. The van der Waals surface area contributed by atoms with Gasteiger partial charge in [0, 0.05) is 45.1 Å². The molecule has 158 valence electrons. The van der Waals surface area contributed by atoms with Gasteiger partial charge >= 0.3 is 0 Å². The summed E-state index contributed by atoms with van der Waals surface area (Å²) in [6.07, 6.45) is 1.74. The molecule has 2 heterocycles. The van der Waals surface area contributed by atoms with Gasteiger partial charge in [-0.1, -0.05) is 11.2 Å². The Labute approximate surface area is 169 Å². The maximum Gasteiger partial charge on any atom is 0.217 e. The lowest BCUT2D eigenvalue weighted by Gasteiger charge is -2.35. The third-order valence-electron chi connectivity index (χ3n) is 5.48. The Morgan fingerprint density at radius 2 is 2.00 bits per heavy atom. The Bertz CT molecular complexity index is 924. The van der Waals surface area contributed by atoms with Gasteiger partial charge in [0.25, 0.3) is 0 Å². The summed E-state index contributed by atoms with van der Waals surface area (Å²) in [5.41, 5.74) is 1.75. The van der Waals surface area contributed by atoms with Crippen LogP contribution in [0.1, 0.15) is 31.7 Å². The molecule has 1 aromatic rings. The molecule has 0 aromatic heterocycles. The lowest BCUT2D eigenvalue weighted by Crippen LogP contribution is -2.49. The van der Waals surface area contributed by atoms with Crippen molar-refractivity contribution in [3.63, 3.8) is 0 Å². The molecule has 10 heteroatoms. The summed E-state index contributed by atoms with van der Waals surface area (Å²) in [7, 11) is -3.18. The van der Waals surface area contributed by atoms with Crippen molar-refractivity contribution in [1.82, 2.24) is 9.62 Å². The fourth-order valence-corrected chi connectivity index (χ4v) is 5.49. The standard InChI is InChI=1S/C19H25FN4O4S/c1-13(25)21-12-15-11-18(22-28-15)14-2-5-19(17(20)10-14)23-6-8-24(9-7-23)29(26,27)16-3-4-16/h2,5,10,15-16H,3-4,6-9,11-12H2,1H3,(H,21,25). The first-order chi connectivity index (χ1) is 13.8. The zero-order valence-corrected chi connectivity index (χ0v) is 17.1. The highest BCUT2D eigenvalue weighted by molar-refractivity contribution is 7.90. The first kappa shape index (κ1) is 20.1. The Balaban J connectivity index is 1.37. The number of carbonyl (C=O) groups excluding carboxylic acids is 1. The highest BCUT2D eigenvalue weighted by atomic mass is 32.2. The van der Waals surface area contributed by atoms with Gasteiger partial charge in [-0.3, -0.25) is 4.79 Å². The van der Waals surface area contributed by atoms with Crippen LogP contribution in [0.15, 0.2) is 23.4 Å². The molecule has 0 radical (unpaired) electrons. The number of hydrogen-bond donors (Lipinski definition) is 1. The normalized spacial score (nSPS) is 22.9. The molecular formula is C19H25FN4O4S. The van der Waals surface area contributed by atoms with Crippen LogP contribution in [-0.4, -0.2) is 68.4 Å². The van der Waals surface area contributed by atoms with Gasteiger partial charge in [0.1, 0.15) is 11.9 Å². The van der Waals surface area contributed by atoms with Gasteiger partial charge in [0.05, 0.1) is 23.2 Å². The van der Waals surface area contributed by atoms with Crippen molar-refractivity contribution >= 4 is 27.3 Å². The van der Waals surface area contributed by atoms with Crippen LogP contribution in [0.2, 0.25) is 0 Å². The van der Waals surface area contributed by atoms with E-state index in [1.165, 1.54) is 17.3 Å². The molecule has 1 aliphatic carbocycles. The van der Waals surface area contributed by atoms with Gasteiger partial charge in [-0.05, 0) is 25.0 Å². The number of nitrogens with zero attached hydrogens (tertiary/aromatic N) is 3. The van der Waals surface area contributed by atoms with Gasteiger partial charge in [-0.25, -0.2) is 12.8 Å². The van der Waals surface area contributed by atoms with Crippen LogP contribution in [0.3, 0.4) is 0 Å². The van der Waals surface area contributed by atoms with Crippen LogP contribution in [0, 0.1) is 5.82 Å². The van der Waals surface area contributed by atoms with Crippen LogP contribution in [0.5, 0.6) is 0 Å². The minimum atomic E-state index is -3.18. The molecule has 4 rings (SSSR count). The summed E-state index contributed by atoms with van der Waals surface area (Å²) >= 11 is 0. The first-order valence-electron chi connectivity index (χ1n) is 9.85. The monoisotopic (exact) mass is 424 g/mol.